The van der Waals surface area contributed by atoms with Gasteiger partial charge in [-0.25, -0.2) is 5.43 Å². The lowest BCUT2D eigenvalue weighted by molar-refractivity contribution is -0.117. The highest BCUT2D eigenvalue weighted by Gasteiger charge is 2.23. The number of benzene rings is 2. The fourth-order valence-corrected chi connectivity index (χ4v) is 4.35. The van der Waals surface area contributed by atoms with Gasteiger partial charge < -0.3 is 15.6 Å². The van der Waals surface area contributed by atoms with Gasteiger partial charge in [-0.15, -0.1) is 0 Å². The molecule has 0 unspecified atom stereocenters. The Balaban J connectivity index is 0.000000994. The Hall–Kier alpha value is -3.52. The number of hydrogen-bond acceptors (Lipinski definition) is 4. The van der Waals surface area contributed by atoms with Crippen LogP contribution in [0.15, 0.2) is 47.6 Å². The molecular weight excluding hydrogens is 409 g/mol. The van der Waals surface area contributed by atoms with Crippen molar-refractivity contribution in [1.29, 1.82) is 1.45 Å². The van der Waals surface area contributed by atoms with Crippen LogP contribution in [0.4, 0.5) is 10.4 Å². The number of nitrogens with one attached hydrogen (secondary N) is 4. The number of anilines is 1. The van der Waals surface area contributed by atoms with Crippen molar-refractivity contribution in [2.75, 3.05) is 18.4 Å². The Bertz CT molecular complexity index is 1160. The number of amides is 2. The van der Waals surface area contributed by atoms with E-state index in [9.17, 15) is 9.59 Å². The number of aromatic nitrogens is 1. The quantitative estimate of drug-likeness (QED) is 0.494. The van der Waals surface area contributed by atoms with Crippen molar-refractivity contribution in [2.45, 2.75) is 26.7 Å². The molecule has 0 atom stereocenters. The summed E-state index contributed by atoms with van der Waals surface area (Å²) in [7, 11) is 0. The Labute approximate surface area is 187 Å². The van der Waals surface area contributed by atoms with Crippen molar-refractivity contribution < 1.29 is 14.3 Å². The summed E-state index contributed by atoms with van der Waals surface area (Å²) in [6.45, 7) is 1.92. The van der Waals surface area contributed by atoms with Crippen LogP contribution in [0.3, 0.4) is 0 Å². The lowest BCUT2D eigenvalue weighted by Gasteiger charge is -2.22. The molecular formula is C24H28FN5O2. The number of piperidine rings is 1. The van der Waals surface area contributed by atoms with Crippen molar-refractivity contribution in [1.82, 2.24) is 15.7 Å². The first-order chi connectivity index (χ1) is 15.7. The van der Waals surface area contributed by atoms with E-state index in [-0.39, 0.29) is 19.2 Å². The molecule has 1 aromatic heterocycles. The highest BCUT2D eigenvalue weighted by atomic mass is 19.0. The van der Waals surface area contributed by atoms with Gasteiger partial charge in [-0.3, -0.25) is 14.3 Å². The zero-order valence-corrected chi connectivity index (χ0v) is 16.9. The molecule has 1 saturated heterocycles. The summed E-state index contributed by atoms with van der Waals surface area (Å²) in [4.78, 5) is 28.7. The fraction of sp³-hybridized carbons (Fsp3) is 0.292. The minimum atomic E-state index is -0.289. The number of H-pyrrole nitrogens is 1. The van der Waals surface area contributed by atoms with Crippen molar-refractivity contribution in [3.05, 3.63) is 53.6 Å². The fourth-order valence-electron chi connectivity index (χ4n) is 4.35. The highest BCUT2D eigenvalue weighted by Crippen LogP contribution is 2.34. The monoisotopic (exact) mass is 439 g/mol. The van der Waals surface area contributed by atoms with Gasteiger partial charge in [0.2, 0.25) is 5.91 Å². The molecule has 0 aliphatic carbocycles. The molecule has 32 heavy (non-hydrogen) atoms. The van der Waals surface area contributed by atoms with E-state index in [1.54, 1.807) is 12.3 Å². The van der Waals surface area contributed by atoms with Gasteiger partial charge in [0, 0.05) is 28.6 Å². The molecule has 168 valence electrons. The maximum absolute atomic E-state index is 12.6. The van der Waals surface area contributed by atoms with Gasteiger partial charge >= 0.3 is 0 Å². The molecule has 1 fully saturated rings. The van der Waals surface area contributed by atoms with E-state index in [4.69, 9.17) is 4.72 Å². The van der Waals surface area contributed by atoms with Gasteiger partial charge in [-0.05, 0) is 49.5 Å². The Kier molecular flexibility index (Phi) is 6.61. The van der Waals surface area contributed by atoms with Crippen LogP contribution in [0.25, 0.3) is 22.2 Å². The second-order valence-corrected chi connectivity index (χ2v) is 7.87. The molecule has 0 saturated carbocycles. The van der Waals surface area contributed by atoms with Crippen LogP contribution < -0.4 is 16.1 Å². The molecule has 0 radical (unpaired) electrons. The Morgan fingerprint density at radius 3 is 2.69 bits per heavy atom. The van der Waals surface area contributed by atoms with Gasteiger partial charge in [-0.2, -0.15) is 5.10 Å². The van der Waals surface area contributed by atoms with Crippen LogP contribution in [0.1, 0.15) is 42.6 Å². The van der Waals surface area contributed by atoms with Crippen molar-refractivity contribution in [3.8, 4) is 11.3 Å². The van der Waals surface area contributed by atoms with Crippen molar-refractivity contribution in [3.63, 3.8) is 0 Å². The summed E-state index contributed by atoms with van der Waals surface area (Å²) < 4.78 is 13.0. The van der Waals surface area contributed by atoms with Crippen molar-refractivity contribution >= 4 is 34.6 Å². The lowest BCUT2D eigenvalue weighted by atomic mass is 9.94. The minimum Gasteiger partial charge on any atom is -0.354 e. The van der Waals surface area contributed by atoms with E-state index in [0.717, 1.165) is 53.7 Å². The van der Waals surface area contributed by atoms with Crippen LogP contribution >= 0.6 is 0 Å². The van der Waals surface area contributed by atoms with Crippen LogP contribution in [-0.2, 0) is 4.79 Å². The third-order valence-electron chi connectivity index (χ3n) is 5.82. The summed E-state index contributed by atoms with van der Waals surface area (Å²) in [5.74, 6) is 0.0897. The van der Waals surface area contributed by atoms with Crippen LogP contribution in [0.5, 0.6) is 0 Å². The first kappa shape index (κ1) is 21.7. The largest absolute Gasteiger partial charge is 0.354 e. The number of carbonyl (C=O) groups excluding carboxylic acids is 2. The predicted octanol–water partition coefficient (Wildman–Crippen LogP) is 4.03. The summed E-state index contributed by atoms with van der Waals surface area (Å²) in [5, 5.41) is 11.2. The van der Waals surface area contributed by atoms with Crippen molar-refractivity contribution in [2.24, 2.45) is 11.0 Å². The van der Waals surface area contributed by atoms with Crippen LogP contribution in [-0.4, -0.2) is 37.6 Å². The maximum atomic E-state index is 12.6. The van der Waals surface area contributed by atoms with E-state index < -0.39 is 0 Å². The molecule has 0 spiro atoms. The maximum Gasteiger partial charge on any atom is 0.272 e. The number of hydrazone groups is 1. The highest BCUT2D eigenvalue weighted by molar-refractivity contribution is 6.18. The van der Waals surface area contributed by atoms with E-state index in [1.165, 1.54) is 0 Å². The molecule has 4 N–H and O–H groups in total. The zero-order valence-electron chi connectivity index (χ0n) is 17.9. The summed E-state index contributed by atoms with van der Waals surface area (Å²) in [6, 6.07) is 13.5. The first-order valence-electron chi connectivity index (χ1n) is 10.7. The van der Waals surface area contributed by atoms with E-state index >= 15 is 0 Å². The summed E-state index contributed by atoms with van der Waals surface area (Å²) >= 11 is 0. The number of hydrogen-bond donors (Lipinski definition) is 4. The van der Waals surface area contributed by atoms with Gasteiger partial charge in [0.1, 0.15) is 0 Å². The average Bonchev–Trinajstić information content (AvgIpc) is 3.10. The molecule has 2 aromatic carbocycles. The normalized spacial score (nSPS) is 15.5. The summed E-state index contributed by atoms with van der Waals surface area (Å²) in [5.41, 5.74) is 7.22. The van der Waals surface area contributed by atoms with Gasteiger partial charge in [0.05, 0.1) is 17.5 Å². The Morgan fingerprint density at radius 2 is 1.94 bits per heavy atom. The number of aromatic amines is 1. The third kappa shape index (κ3) is 4.40. The molecule has 3 aromatic rings. The minimum absolute atomic E-state index is 0. The lowest BCUT2D eigenvalue weighted by Crippen LogP contribution is -2.30. The van der Waals surface area contributed by atoms with E-state index in [0.29, 0.717) is 23.6 Å². The van der Waals surface area contributed by atoms with E-state index in [1.807, 2.05) is 36.4 Å². The summed E-state index contributed by atoms with van der Waals surface area (Å²) in [6.07, 6.45) is 4.19. The first-order valence-corrected chi connectivity index (χ1v) is 10.3. The molecule has 0 bridgehead atoms. The van der Waals surface area contributed by atoms with Gasteiger partial charge in [0.25, 0.3) is 7.36 Å². The third-order valence-corrected chi connectivity index (χ3v) is 5.82. The molecule has 8 heteroatoms. The standard InChI is InChI=1S/C23H23N5O2.CH4.FH/c29-20(10-14-6-8-24-9-7-14)26-16-11-17-21-18(13-25-28-23(17)30)22(27-19(21)12-16)15-4-2-1-3-5-15;;/h1-5,11-14,24,27H,6-10H2,(H,26,29)(H,28,30);1H4;1H/i/hT. The second kappa shape index (κ2) is 9.74. The molecule has 5 rings (SSSR count). The zero-order chi connectivity index (χ0) is 22.5. The molecule has 2 amide bonds. The number of rotatable bonds is 4. The topological polar surface area (TPSA) is 98.4 Å². The molecule has 7 nitrogen and oxygen atoms in total. The van der Waals surface area contributed by atoms with Crippen LogP contribution in [0, 0.1) is 5.92 Å². The average molecular weight is 440 g/mol. The molecule has 2 aliphatic heterocycles. The van der Waals surface area contributed by atoms with Gasteiger partial charge in [0.15, 0.2) is 0 Å². The predicted molar refractivity (Wildman–Crippen MR) is 127 cm³/mol. The Morgan fingerprint density at radius 1 is 1.19 bits per heavy atom. The number of nitrogens with zero attached hydrogens (tertiary/aromatic N) is 1. The molecule has 2 aliphatic rings. The van der Waals surface area contributed by atoms with Crippen LogP contribution in [0.2, 0.25) is 0 Å². The number of halogens is 1. The SMILES string of the molecule is C.O=C(CC1CCNCC1)Nc1cc2c3c(c(-c4ccccc4)[nH]c3c1)C=NNC2=O.[3H]F. The second-order valence-electron chi connectivity index (χ2n) is 7.87. The van der Waals surface area contributed by atoms with Gasteiger partial charge in [-0.1, -0.05) is 37.8 Å². The smallest absolute Gasteiger partial charge is 0.272 e. The van der Waals surface area contributed by atoms with E-state index in [2.05, 4.69) is 27.6 Å². The molecule has 3 heterocycles. The number of carbonyl (C=O) groups is 2.